The number of hydrogen-bond donors (Lipinski definition) is 2. The van der Waals surface area contributed by atoms with Crippen molar-refractivity contribution in [2.24, 2.45) is 0 Å². The minimum atomic E-state index is -0.541. The largest absolute Gasteiger partial charge is 0.387 e. The van der Waals surface area contributed by atoms with Gasteiger partial charge in [-0.1, -0.05) is 6.07 Å². The maximum absolute atomic E-state index is 13.4. The molecule has 0 bridgehead atoms. The Morgan fingerprint density at radius 1 is 1.28 bits per heavy atom. The molecule has 18 heavy (non-hydrogen) atoms. The van der Waals surface area contributed by atoms with E-state index in [-0.39, 0.29) is 5.56 Å². The van der Waals surface area contributed by atoms with Crippen molar-refractivity contribution in [3.8, 4) is 6.07 Å². The Morgan fingerprint density at radius 3 is 2.78 bits per heavy atom. The van der Waals surface area contributed by atoms with E-state index in [0.717, 1.165) is 5.69 Å². The zero-order valence-electron chi connectivity index (χ0n) is 9.74. The number of nitrogens with one attached hydrogen (secondary N) is 2. The molecule has 0 amide bonds. The van der Waals surface area contributed by atoms with Crippen molar-refractivity contribution in [3.05, 3.63) is 48.0 Å². The summed E-state index contributed by atoms with van der Waals surface area (Å²) < 4.78 is 13.4. The SMILES string of the molecule is CNc1cncc(Nc2cccc(F)c2C#N)c1. The molecule has 0 aliphatic rings. The first-order valence-corrected chi connectivity index (χ1v) is 5.33. The van der Waals surface area contributed by atoms with Gasteiger partial charge < -0.3 is 10.6 Å². The molecular formula is C13H11FN4. The third-order valence-corrected chi connectivity index (χ3v) is 2.43. The Hall–Kier alpha value is -2.61. The van der Waals surface area contributed by atoms with E-state index in [9.17, 15) is 4.39 Å². The highest BCUT2D eigenvalue weighted by Crippen LogP contribution is 2.23. The van der Waals surface area contributed by atoms with Crippen molar-refractivity contribution in [1.29, 1.82) is 5.26 Å². The summed E-state index contributed by atoms with van der Waals surface area (Å²) in [6.07, 6.45) is 3.27. The lowest BCUT2D eigenvalue weighted by molar-refractivity contribution is 0.624. The Bertz CT molecular complexity index is 604. The molecule has 0 unspecified atom stereocenters. The zero-order chi connectivity index (χ0) is 13.0. The molecule has 2 rings (SSSR count). The van der Waals surface area contributed by atoms with Crippen LogP contribution in [0.15, 0.2) is 36.7 Å². The van der Waals surface area contributed by atoms with Gasteiger partial charge in [0.15, 0.2) is 0 Å². The molecule has 0 radical (unpaired) electrons. The molecule has 1 aromatic heterocycles. The van der Waals surface area contributed by atoms with E-state index in [1.54, 1.807) is 31.6 Å². The summed E-state index contributed by atoms with van der Waals surface area (Å²) in [5, 5.41) is 14.8. The molecule has 0 spiro atoms. The second-order valence-corrected chi connectivity index (χ2v) is 3.61. The predicted molar refractivity (Wildman–Crippen MR) is 68.2 cm³/mol. The van der Waals surface area contributed by atoms with Crippen LogP contribution in [0.25, 0.3) is 0 Å². The Labute approximate surface area is 104 Å². The molecule has 2 aromatic rings. The molecule has 5 heteroatoms. The van der Waals surface area contributed by atoms with Crippen LogP contribution in [0.2, 0.25) is 0 Å². The van der Waals surface area contributed by atoms with Crippen molar-refractivity contribution in [3.63, 3.8) is 0 Å². The number of aromatic nitrogens is 1. The van der Waals surface area contributed by atoms with Gasteiger partial charge in [0.25, 0.3) is 0 Å². The van der Waals surface area contributed by atoms with Crippen LogP contribution in [0.5, 0.6) is 0 Å². The van der Waals surface area contributed by atoms with E-state index in [1.165, 1.54) is 6.07 Å². The van der Waals surface area contributed by atoms with Gasteiger partial charge in [-0.2, -0.15) is 5.26 Å². The molecule has 0 aliphatic carbocycles. The predicted octanol–water partition coefficient (Wildman–Crippen LogP) is 2.88. The first-order chi connectivity index (χ1) is 8.74. The van der Waals surface area contributed by atoms with Gasteiger partial charge in [0, 0.05) is 7.05 Å². The number of hydrogen-bond acceptors (Lipinski definition) is 4. The van der Waals surface area contributed by atoms with Gasteiger partial charge in [-0.3, -0.25) is 4.98 Å². The topological polar surface area (TPSA) is 60.7 Å². The van der Waals surface area contributed by atoms with Crippen LogP contribution in [0.4, 0.5) is 21.5 Å². The van der Waals surface area contributed by atoms with E-state index in [2.05, 4.69) is 15.6 Å². The fraction of sp³-hybridized carbons (Fsp3) is 0.0769. The van der Waals surface area contributed by atoms with Crippen molar-refractivity contribution >= 4 is 17.1 Å². The lowest BCUT2D eigenvalue weighted by Crippen LogP contribution is -1.97. The number of pyridine rings is 1. The number of rotatable bonds is 3. The molecule has 0 atom stereocenters. The van der Waals surface area contributed by atoms with Crippen molar-refractivity contribution in [1.82, 2.24) is 4.98 Å². The molecule has 90 valence electrons. The summed E-state index contributed by atoms with van der Waals surface area (Å²) in [6, 6.07) is 8.11. The Morgan fingerprint density at radius 2 is 2.06 bits per heavy atom. The molecule has 4 nitrogen and oxygen atoms in total. The Kier molecular flexibility index (Phi) is 3.39. The first kappa shape index (κ1) is 11.9. The van der Waals surface area contributed by atoms with E-state index < -0.39 is 5.82 Å². The third kappa shape index (κ3) is 2.38. The summed E-state index contributed by atoms with van der Waals surface area (Å²) in [7, 11) is 1.78. The van der Waals surface area contributed by atoms with Crippen LogP contribution in [0.1, 0.15) is 5.56 Å². The summed E-state index contributed by atoms with van der Waals surface area (Å²) in [4.78, 5) is 4.03. The van der Waals surface area contributed by atoms with Gasteiger partial charge in [-0.15, -0.1) is 0 Å². The van der Waals surface area contributed by atoms with Crippen LogP contribution < -0.4 is 10.6 Å². The molecule has 0 aliphatic heterocycles. The number of nitrogens with zero attached hydrogens (tertiary/aromatic N) is 2. The summed E-state index contributed by atoms with van der Waals surface area (Å²) in [5.41, 5.74) is 1.93. The second-order valence-electron chi connectivity index (χ2n) is 3.61. The van der Waals surface area contributed by atoms with Gasteiger partial charge in [0.2, 0.25) is 0 Å². The first-order valence-electron chi connectivity index (χ1n) is 5.33. The van der Waals surface area contributed by atoms with Gasteiger partial charge in [0.05, 0.1) is 29.5 Å². The fourth-order valence-corrected chi connectivity index (χ4v) is 1.54. The fourth-order valence-electron chi connectivity index (χ4n) is 1.54. The molecule has 2 N–H and O–H groups in total. The minimum absolute atomic E-state index is 0.00707. The number of halogens is 1. The quantitative estimate of drug-likeness (QED) is 0.868. The standard InChI is InChI=1S/C13H11FN4/c1-16-9-5-10(8-17-7-9)18-13-4-2-3-12(14)11(13)6-15/h2-5,7-8,16,18H,1H3. The summed E-state index contributed by atoms with van der Waals surface area (Å²) in [6.45, 7) is 0. The monoisotopic (exact) mass is 242 g/mol. The van der Waals surface area contributed by atoms with Crippen LogP contribution >= 0.6 is 0 Å². The van der Waals surface area contributed by atoms with Crippen LogP contribution in [-0.2, 0) is 0 Å². The van der Waals surface area contributed by atoms with E-state index in [0.29, 0.717) is 11.4 Å². The van der Waals surface area contributed by atoms with Crippen molar-refractivity contribution < 1.29 is 4.39 Å². The van der Waals surface area contributed by atoms with Gasteiger partial charge >= 0.3 is 0 Å². The maximum Gasteiger partial charge on any atom is 0.143 e. The number of benzene rings is 1. The highest BCUT2D eigenvalue weighted by Gasteiger charge is 2.07. The maximum atomic E-state index is 13.4. The number of nitriles is 1. The normalized spacial score (nSPS) is 9.61. The second kappa shape index (κ2) is 5.15. The van der Waals surface area contributed by atoms with Crippen molar-refractivity contribution in [2.45, 2.75) is 0 Å². The molecule has 0 saturated carbocycles. The van der Waals surface area contributed by atoms with E-state index in [4.69, 9.17) is 5.26 Å². The average molecular weight is 242 g/mol. The smallest absolute Gasteiger partial charge is 0.143 e. The Balaban J connectivity index is 2.34. The number of anilines is 3. The molecule has 0 saturated heterocycles. The van der Waals surface area contributed by atoms with Gasteiger partial charge in [-0.05, 0) is 18.2 Å². The van der Waals surface area contributed by atoms with Gasteiger partial charge in [0.1, 0.15) is 17.4 Å². The van der Waals surface area contributed by atoms with Crippen molar-refractivity contribution in [2.75, 3.05) is 17.7 Å². The molecule has 0 fully saturated rings. The van der Waals surface area contributed by atoms with Crippen LogP contribution in [-0.4, -0.2) is 12.0 Å². The third-order valence-electron chi connectivity index (χ3n) is 2.43. The summed E-state index contributed by atoms with van der Waals surface area (Å²) >= 11 is 0. The highest BCUT2D eigenvalue weighted by atomic mass is 19.1. The van der Waals surface area contributed by atoms with Crippen LogP contribution in [0, 0.1) is 17.1 Å². The molecular weight excluding hydrogens is 231 g/mol. The average Bonchev–Trinajstić information content (AvgIpc) is 2.39. The molecule has 1 aromatic carbocycles. The van der Waals surface area contributed by atoms with E-state index >= 15 is 0 Å². The van der Waals surface area contributed by atoms with E-state index in [1.807, 2.05) is 12.1 Å². The zero-order valence-corrected chi connectivity index (χ0v) is 9.74. The highest BCUT2D eigenvalue weighted by molar-refractivity contribution is 5.68. The minimum Gasteiger partial charge on any atom is -0.387 e. The van der Waals surface area contributed by atoms with Gasteiger partial charge in [-0.25, -0.2) is 4.39 Å². The van der Waals surface area contributed by atoms with Crippen LogP contribution in [0.3, 0.4) is 0 Å². The lowest BCUT2D eigenvalue weighted by Gasteiger charge is -2.09. The molecule has 1 heterocycles. The lowest BCUT2D eigenvalue weighted by atomic mass is 10.2. The summed E-state index contributed by atoms with van der Waals surface area (Å²) in [5.74, 6) is -0.541.